The Bertz CT molecular complexity index is 775. The van der Waals surface area contributed by atoms with Crippen LogP contribution in [0, 0.1) is 0 Å². The molecule has 0 spiro atoms. The maximum atomic E-state index is 6.22. The summed E-state index contributed by atoms with van der Waals surface area (Å²) in [6.07, 6.45) is 0. The van der Waals surface area contributed by atoms with E-state index in [1.807, 2.05) is 66.7 Å². The van der Waals surface area contributed by atoms with E-state index in [-0.39, 0.29) is 0 Å². The third-order valence-electron chi connectivity index (χ3n) is 3.70. The molecule has 3 nitrogen and oxygen atoms in total. The van der Waals surface area contributed by atoms with Crippen LogP contribution >= 0.6 is 11.6 Å². The minimum atomic E-state index is 0.648. The lowest BCUT2D eigenvalue weighted by Gasteiger charge is -2.15. The third-order valence-corrected chi connectivity index (χ3v) is 4.07. The summed E-state index contributed by atoms with van der Waals surface area (Å²) in [6.45, 7) is 1.33. The predicted molar refractivity (Wildman–Crippen MR) is 104 cm³/mol. The lowest BCUT2D eigenvalue weighted by molar-refractivity contribution is 1.14. The van der Waals surface area contributed by atoms with Gasteiger partial charge in [-0.25, -0.2) is 0 Å². The fourth-order valence-electron chi connectivity index (χ4n) is 2.42. The molecule has 0 saturated carbocycles. The molecule has 3 rings (SSSR count). The molecule has 122 valence electrons. The average molecular weight is 338 g/mol. The Morgan fingerprint density at radius 2 is 1.25 bits per heavy atom. The van der Waals surface area contributed by atoms with Crippen molar-refractivity contribution in [1.29, 1.82) is 0 Å². The third kappa shape index (κ3) is 4.43. The van der Waals surface area contributed by atoms with Gasteiger partial charge in [-0.15, -0.1) is 0 Å². The zero-order valence-electron chi connectivity index (χ0n) is 13.3. The first-order chi connectivity index (χ1) is 11.8. The van der Waals surface area contributed by atoms with E-state index < -0.39 is 0 Å². The number of anilines is 3. The smallest absolute Gasteiger partial charge is 0.0850 e. The van der Waals surface area contributed by atoms with Gasteiger partial charge in [0.15, 0.2) is 0 Å². The summed E-state index contributed by atoms with van der Waals surface area (Å²) in [5.41, 5.74) is 4.27. The molecule has 3 aromatic rings. The van der Waals surface area contributed by atoms with Crippen molar-refractivity contribution >= 4 is 28.7 Å². The first-order valence-electron chi connectivity index (χ1n) is 7.92. The molecule has 0 saturated heterocycles. The van der Waals surface area contributed by atoms with Gasteiger partial charge in [-0.1, -0.05) is 60.1 Å². The van der Waals surface area contributed by atoms with Crippen LogP contribution in [0.4, 0.5) is 17.1 Å². The van der Waals surface area contributed by atoms with Crippen molar-refractivity contribution in [2.45, 2.75) is 6.54 Å². The molecule has 0 unspecified atom stereocenters. The van der Waals surface area contributed by atoms with Crippen LogP contribution in [0.15, 0.2) is 78.9 Å². The van der Waals surface area contributed by atoms with Crippen molar-refractivity contribution in [3.63, 3.8) is 0 Å². The summed E-state index contributed by atoms with van der Waals surface area (Å²) in [5.74, 6) is 0. The summed E-state index contributed by atoms with van der Waals surface area (Å²) in [7, 11) is 0. The lowest BCUT2D eigenvalue weighted by Crippen LogP contribution is -2.13. The lowest BCUT2D eigenvalue weighted by atomic mass is 10.2. The van der Waals surface area contributed by atoms with Crippen molar-refractivity contribution in [2.75, 3.05) is 22.6 Å². The molecule has 3 aromatic carbocycles. The van der Waals surface area contributed by atoms with Gasteiger partial charge in [-0.3, -0.25) is 0 Å². The molecule has 0 aliphatic heterocycles. The molecule has 0 heterocycles. The molecule has 0 aliphatic rings. The maximum Gasteiger partial charge on any atom is 0.0850 e. The Hall–Kier alpha value is -2.65. The molecule has 4 heteroatoms. The number of hydrogen-bond acceptors (Lipinski definition) is 3. The number of nitrogens with one attached hydrogen (secondary N) is 3. The van der Waals surface area contributed by atoms with Gasteiger partial charge in [-0.05, 0) is 35.9 Å². The Kier molecular flexibility index (Phi) is 5.59. The molecule has 0 atom stereocenters. The normalized spacial score (nSPS) is 10.2. The van der Waals surface area contributed by atoms with Gasteiger partial charge in [0, 0.05) is 17.3 Å². The van der Waals surface area contributed by atoms with Crippen LogP contribution in [0.25, 0.3) is 0 Å². The van der Waals surface area contributed by atoms with Crippen molar-refractivity contribution in [2.24, 2.45) is 0 Å². The SMILES string of the molecule is Clc1ccccc1CNc1ccccc1NCNc1ccccc1. The van der Waals surface area contributed by atoms with Gasteiger partial charge < -0.3 is 16.0 Å². The minimum Gasteiger partial charge on any atom is -0.379 e. The molecule has 0 radical (unpaired) electrons. The molecule has 0 fully saturated rings. The van der Waals surface area contributed by atoms with E-state index in [1.165, 1.54) is 0 Å². The average Bonchev–Trinajstić information content (AvgIpc) is 2.63. The standard InChI is InChI=1S/C20H20ClN3/c21-18-11-5-4-8-16(18)14-22-19-12-6-7-13-20(19)24-15-23-17-9-2-1-3-10-17/h1-13,22-24H,14-15H2. The summed E-state index contributed by atoms with van der Waals surface area (Å²) >= 11 is 6.22. The minimum absolute atomic E-state index is 0.648. The van der Waals surface area contributed by atoms with E-state index in [0.717, 1.165) is 27.6 Å². The van der Waals surface area contributed by atoms with Gasteiger partial charge >= 0.3 is 0 Å². The number of para-hydroxylation sites is 3. The predicted octanol–water partition coefficient (Wildman–Crippen LogP) is 5.43. The van der Waals surface area contributed by atoms with Gasteiger partial charge in [-0.2, -0.15) is 0 Å². The largest absolute Gasteiger partial charge is 0.379 e. The summed E-state index contributed by atoms with van der Waals surface area (Å²) in [6, 6.07) is 26.2. The second kappa shape index (κ2) is 8.27. The topological polar surface area (TPSA) is 36.1 Å². The number of hydrogen-bond donors (Lipinski definition) is 3. The van der Waals surface area contributed by atoms with Gasteiger partial charge in [0.25, 0.3) is 0 Å². The van der Waals surface area contributed by atoms with E-state index in [2.05, 4.69) is 28.1 Å². The van der Waals surface area contributed by atoms with Gasteiger partial charge in [0.2, 0.25) is 0 Å². The second-order valence-electron chi connectivity index (χ2n) is 5.39. The summed E-state index contributed by atoms with van der Waals surface area (Å²) < 4.78 is 0. The Labute approximate surface area is 147 Å². The van der Waals surface area contributed by atoms with E-state index in [9.17, 15) is 0 Å². The van der Waals surface area contributed by atoms with Crippen LogP contribution in [0.2, 0.25) is 5.02 Å². The number of halogens is 1. The Morgan fingerprint density at radius 1 is 0.625 bits per heavy atom. The van der Waals surface area contributed by atoms with Crippen LogP contribution in [-0.4, -0.2) is 6.67 Å². The van der Waals surface area contributed by atoms with Crippen LogP contribution in [0.3, 0.4) is 0 Å². The zero-order chi connectivity index (χ0) is 16.6. The molecule has 0 aliphatic carbocycles. The number of benzene rings is 3. The summed E-state index contributed by atoms with van der Waals surface area (Å²) in [4.78, 5) is 0. The van der Waals surface area contributed by atoms with Crippen molar-refractivity contribution in [3.8, 4) is 0 Å². The van der Waals surface area contributed by atoms with Crippen molar-refractivity contribution in [3.05, 3.63) is 89.4 Å². The number of rotatable bonds is 7. The fourth-order valence-corrected chi connectivity index (χ4v) is 2.62. The molecule has 3 N–H and O–H groups in total. The highest BCUT2D eigenvalue weighted by molar-refractivity contribution is 6.31. The van der Waals surface area contributed by atoms with Gasteiger partial charge in [0.05, 0.1) is 18.0 Å². The first kappa shape index (κ1) is 16.2. The van der Waals surface area contributed by atoms with Crippen LogP contribution in [-0.2, 0) is 6.54 Å². The highest BCUT2D eigenvalue weighted by Gasteiger charge is 2.03. The van der Waals surface area contributed by atoms with E-state index >= 15 is 0 Å². The van der Waals surface area contributed by atoms with E-state index in [0.29, 0.717) is 13.2 Å². The maximum absolute atomic E-state index is 6.22. The second-order valence-corrected chi connectivity index (χ2v) is 5.79. The molecule has 0 bridgehead atoms. The zero-order valence-corrected chi connectivity index (χ0v) is 14.1. The molecule has 0 amide bonds. The van der Waals surface area contributed by atoms with Crippen LogP contribution < -0.4 is 16.0 Å². The molecule has 0 aromatic heterocycles. The first-order valence-corrected chi connectivity index (χ1v) is 8.30. The van der Waals surface area contributed by atoms with Crippen molar-refractivity contribution < 1.29 is 0 Å². The van der Waals surface area contributed by atoms with Crippen LogP contribution in [0.5, 0.6) is 0 Å². The van der Waals surface area contributed by atoms with E-state index in [4.69, 9.17) is 11.6 Å². The molecular formula is C20H20ClN3. The molecule has 24 heavy (non-hydrogen) atoms. The van der Waals surface area contributed by atoms with E-state index in [1.54, 1.807) is 0 Å². The van der Waals surface area contributed by atoms with Crippen molar-refractivity contribution in [1.82, 2.24) is 0 Å². The van der Waals surface area contributed by atoms with Gasteiger partial charge in [0.1, 0.15) is 0 Å². The highest BCUT2D eigenvalue weighted by Crippen LogP contribution is 2.23. The highest BCUT2D eigenvalue weighted by atomic mass is 35.5. The monoisotopic (exact) mass is 337 g/mol. The Morgan fingerprint density at radius 3 is 2.00 bits per heavy atom. The fraction of sp³-hybridized carbons (Fsp3) is 0.100. The molecular weight excluding hydrogens is 318 g/mol. The van der Waals surface area contributed by atoms with Crippen LogP contribution in [0.1, 0.15) is 5.56 Å². The quantitative estimate of drug-likeness (QED) is 0.503. The summed E-state index contributed by atoms with van der Waals surface area (Å²) in [5, 5.41) is 11.0. The Balaban J connectivity index is 1.59.